The Morgan fingerprint density at radius 3 is 2.53 bits per heavy atom. The number of rotatable bonds is 1. The number of anilines is 1. The topological polar surface area (TPSA) is 66.3 Å². The van der Waals surface area contributed by atoms with Crippen molar-refractivity contribution in [3.05, 3.63) is 17.5 Å². The van der Waals surface area contributed by atoms with Crippen molar-refractivity contribution >= 4 is 23.6 Å². The summed E-state index contributed by atoms with van der Waals surface area (Å²) in [6.07, 6.45) is 0. The van der Waals surface area contributed by atoms with E-state index in [9.17, 15) is 9.90 Å². The molecule has 1 unspecified atom stereocenters. The number of aryl methyl sites for hydroxylation is 2. The van der Waals surface area contributed by atoms with Crippen LogP contribution in [0.4, 0.5) is 5.95 Å². The van der Waals surface area contributed by atoms with Crippen LogP contribution in [0.1, 0.15) is 11.4 Å². The maximum atomic E-state index is 11.5. The molecular weight excluding hydrogens is 214 g/mol. The second-order valence-electron chi connectivity index (χ2n) is 3.37. The molecule has 2 rings (SSSR count). The van der Waals surface area contributed by atoms with Crippen molar-refractivity contribution in [2.24, 2.45) is 0 Å². The fourth-order valence-electron chi connectivity index (χ4n) is 1.40. The van der Waals surface area contributed by atoms with Crippen LogP contribution >= 0.6 is 11.8 Å². The van der Waals surface area contributed by atoms with Crippen LogP contribution in [0.3, 0.4) is 0 Å². The summed E-state index contributed by atoms with van der Waals surface area (Å²) in [7, 11) is 0. The van der Waals surface area contributed by atoms with Gasteiger partial charge in [-0.25, -0.2) is 9.97 Å². The molecule has 1 amide bonds. The Morgan fingerprint density at radius 1 is 1.47 bits per heavy atom. The lowest BCUT2D eigenvalue weighted by atomic mass is 10.3. The van der Waals surface area contributed by atoms with Gasteiger partial charge < -0.3 is 5.11 Å². The highest BCUT2D eigenvalue weighted by Crippen LogP contribution is 2.25. The van der Waals surface area contributed by atoms with Gasteiger partial charge in [0.2, 0.25) is 5.95 Å². The van der Waals surface area contributed by atoms with Crippen molar-refractivity contribution in [3.63, 3.8) is 0 Å². The molecule has 2 heterocycles. The van der Waals surface area contributed by atoms with Crippen LogP contribution in [0.2, 0.25) is 0 Å². The molecule has 1 N–H and O–H groups in total. The summed E-state index contributed by atoms with van der Waals surface area (Å²) >= 11 is 1.17. The summed E-state index contributed by atoms with van der Waals surface area (Å²) in [6, 6.07) is 1.84. The van der Waals surface area contributed by atoms with E-state index in [4.69, 9.17) is 0 Å². The van der Waals surface area contributed by atoms with Crippen molar-refractivity contribution in [1.82, 2.24) is 9.97 Å². The van der Waals surface area contributed by atoms with Gasteiger partial charge in [0.25, 0.3) is 5.91 Å². The number of amides is 1. The zero-order chi connectivity index (χ0) is 11.0. The van der Waals surface area contributed by atoms with E-state index < -0.39 is 5.44 Å². The Labute approximate surface area is 91.5 Å². The quantitative estimate of drug-likeness (QED) is 0.751. The normalized spacial score (nSPS) is 21.1. The molecule has 0 bridgehead atoms. The molecule has 5 nitrogen and oxygen atoms in total. The standard InChI is InChI=1S/C9H11N3O2S/c1-5-3-6(2)11-9(10-5)12-4-15-8(14)7(12)13/h3,8,14H,4H2,1-2H3. The number of carbonyl (C=O) groups is 1. The van der Waals surface area contributed by atoms with Crippen molar-refractivity contribution in [2.45, 2.75) is 19.3 Å². The molecule has 80 valence electrons. The van der Waals surface area contributed by atoms with Gasteiger partial charge in [-0.1, -0.05) is 11.8 Å². The van der Waals surface area contributed by atoms with E-state index in [-0.39, 0.29) is 5.91 Å². The number of aliphatic hydroxyl groups excluding tert-OH is 1. The summed E-state index contributed by atoms with van der Waals surface area (Å²) in [5.74, 6) is 0.439. The Morgan fingerprint density at radius 2 is 2.07 bits per heavy atom. The zero-order valence-electron chi connectivity index (χ0n) is 8.47. The lowest BCUT2D eigenvalue weighted by Gasteiger charge is -2.13. The van der Waals surface area contributed by atoms with Gasteiger partial charge in [-0.05, 0) is 19.9 Å². The summed E-state index contributed by atoms with van der Waals surface area (Å²) in [6.45, 7) is 3.70. The first-order valence-electron chi connectivity index (χ1n) is 4.51. The molecule has 0 aromatic carbocycles. The van der Waals surface area contributed by atoms with Crippen LogP contribution in [0.25, 0.3) is 0 Å². The number of nitrogens with zero attached hydrogens (tertiary/aromatic N) is 3. The molecule has 1 atom stereocenters. The maximum Gasteiger partial charge on any atom is 0.269 e. The van der Waals surface area contributed by atoms with E-state index >= 15 is 0 Å². The molecule has 1 saturated heterocycles. The second kappa shape index (κ2) is 3.79. The third-order valence-electron chi connectivity index (χ3n) is 2.05. The van der Waals surface area contributed by atoms with E-state index in [1.54, 1.807) is 0 Å². The molecule has 15 heavy (non-hydrogen) atoms. The minimum Gasteiger partial charge on any atom is -0.373 e. The number of hydrogen-bond acceptors (Lipinski definition) is 5. The Hall–Kier alpha value is -1.14. The number of carbonyl (C=O) groups excluding carboxylic acids is 1. The predicted octanol–water partition coefficient (Wildman–Crippen LogP) is 0.449. The van der Waals surface area contributed by atoms with Crippen molar-refractivity contribution in [1.29, 1.82) is 0 Å². The van der Waals surface area contributed by atoms with Crippen LogP contribution in [0, 0.1) is 13.8 Å². The maximum absolute atomic E-state index is 11.5. The molecule has 1 aliphatic heterocycles. The molecular formula is C9H11N3O2S. The summed E-state index contributed by atoms with van der Waals surface area (Å²) in [5, 5.41) is 9.28. The molecule has 0 spiro atoms. The summed E-state index contributed by atoms with van der Waals surface area (Å²) in [5.41, 5.74) is 0.655. The third kappa shape index (κ3) is 1.95. The van der Waals surface area contributed by atoms with Crippen LogP contribution < -0.4 is 4.90 Å². The molecule has 0 aliphatic carbocycles. The van der Waals surface area contributed by atoms with Crippen LogP contribution in [-0.4, -0.2) is 32.3 Å². The first-order valence-corrected chi connectivity index (χ1v) is 5.56. The lowest BCUT2D eigenvalue weighted by Crippen LogP contribution is -2.30. The number of thioether (sulfide) groups is 1. The first-order chi connectivity index (χ1) is 7.08. The predicted molar refractivity (Wildman–Crippen MR) is 57.5 cm³/mol. The minimum absolute atomic E-state index is 0.343. The average Bonchev–Trinajstić information content (AvgIpc) is 2.46. The van der Waals surface area contributed by atoms with Crippen molar-refractivity contribution < 1.29 is 9.90 Å². The highest BCUT2D eigenvalue weighted by Gasteiger charge is 2.33. The Bertz CT molecular complexity index is 390. The smallest absolute Gasteiger partial charge is 0.269 e. The highest BCUT2D eigenvalue weighted by molar-refractivity contribution is 8.01. The molecule has 6 heteroatoms. The first kappa shape index (κ1) is 10.4. The number of aromatic nitrogens is 2. The van der Waals surface area contributed by atoms with Gasteiger partial charge in [0, 0.05) is 11.4 Å². The van der Waals surface area contributed by atoms with Gasteiger partial charge in [0.1, 0.15) is 0 Å². The summed E-state index contributed by atoms with van der Waals surface area (Å²) < 4.78 is 0. The van der Waals surface area contributed by atoms with Crippen LogP contribution in [0.15, 0.2) is 6.07 Å². The van der Waals surface area contributed by atoms with Gasteiger partial charge in [-0.3, -0.25) is 9.69 Å². The molecule has 1 aromatic rings. The SMILES string of the molecule is Cc1cc(C)nc(N2CSC(O)C2=O)n1. The highest BCUT2D eigenvalue weighted by atomic mass is 32.2. The number of aliphatic hydroxyl groups is 1. The van der Waals surface area contributed by atoms with E-state index in [0.29, 0.717) is 11.8 Å². The molecule has 1 fully saturated rings. The van der Waals surface area contributed by atoms with E-state index in [1.807, 2.05) is 19.9 Å². The van der Waals surface area contributed by atoms with Gasteiger partial charge in [0.15, 0.2) is 5.44 Å². The molecule has 0 saturated carbocycles. The lowest BCUT2D eigenvalue weighted by molar-refractivity contribution is -0.121. The van der Waals surface area contributed by atoms with Gasteiger partial charge in [0.05, 0.1) is 5.88 Å². The zero-order valence-corrected chi connectivity index (χ0v) is 9.28. The third-order valence-corrected chi connectivity index (χ3v) is 2.98. The van der Waals surface area contributed by atoms with Crippen LogP contribution in [0.5, 0.6) is 0 Å². The van der Waals surface area contributed by atoms with E-state index in [0.717, 1.165) is 11.4 Å². The molecule has 0 radical (unpaired) electrons. The minimum atomic E-state index is -0.977. The van der Waals surface area contributed by atoms with Gasteiger partial charge in [-0.2, -0.15) is 0 Å². The van der Waals surface area contributed by atoms with Crippen molar-refractivity contribution in [2.75, 3.05) is 10.8 Å². The average molecular weight is 225 g/mol. The Balaban J connectivity index is 2.34. The fourth-order valence-corrected chi connectivity index (χ4v) is 2.20. The number of hydrogen-bond donors (Lipinski definition) is 1. The van der Waals surface area contributed by atoms with Crippen LogP contribution in [-0.2, 0) is 4.79 Å². The molecule has 1 aromatic heterocycles. The largest absolute Gasteiger partial charge is 0.373 e. The Kier molecular flexibility index (Phi) is 2.62. The monoisotopic (exact) mass is 225 g/mol. The fraction of sp³-hybridized carbons (Fsp3) is 0.444. The van der Waals surface area contributed by atoms with E-state index in [1.165, 1.54) is 16.7 Å². The summed E-state index contributed by atoms with van der Waals surface area (Å²) in [4.78, 5) is 21.2. The van der Waals surface area contributed by atoms with E-state index in [2.05, 4.69) is 9.97 Å². The van der Waals surface area contributed by atoms with Gasteiger partial charge >= 0.3 is 0 Å². The van der Waals surface area contributed by atoms with Gasteiger partial charge in [-0.15, -0.1) is 0 Å². The van der Waals surface area contributed by atoms with Crippen molar-refractivity contribution in [3.8, 4) is 0 Å². The molecule has 1 aliphatic rings. The second-order valence-corrected chi connectivity index (χ2v) is 4.40.